The summed E-state index contributed by atoms with van der Waals surface area (Å²) in [6.45, 7) is 1.53. The zero-order valence-electron chi connectivity index (χ0n) is 10.3. The molecular formula is C12H9Cl2N3O2S. The average molecular weight is 330 g/mol. The van der Waals surface area contributed by atoms with Gasteiger partial charge in [-0.2, -0.15) is 0 Å². The van der Waals surface area contributed by atoms with Gasteiger partial charge < -0.3 is 0 Å². The number of hydrogen-bond donors (Lipinski definition) is 0. The third-order valence-corrected chi connectivity index (χ3v) is 4.06. The Bertz CT molecular complexity index is 667. The fourth-order valence-electron chi connectivity index (χ4n) is 1.58. The predicted octanol–water partition coefficient (Wildman–Crippen LogP) is 4.29. The predicted molar refractivity (Wildman–Crippen MR) is 79.4 cm³/mol. The van der Waals surface area contributed by atoms with Crippen molar-refractivity contribution in [3.05, 3.63) is 55.9 Å². The van der Waals surface area contributed by atoms with E-state index in [1.807, 2.05) is 18.2 Å². The lowest BCUT2D eigenvalue weighted by molar-refractivity contribution is -0.389. The molecule has 5 nitrogen and oxygen atoms in total. The highest BCUT2D eigenvalue weighted by Crippen LogP contribution is 2.33. The molecule has 0 spiro atoms. The van der Waals surface area contributed by atoms with Crippen molar-refractivity contribution in [3.63, 3.8) is 0 Å². The third kappa shape index (κ3) is 3.39. The molecule has 0 radical (unpaired) electrons. The van der Waals surface area contributed by atoms with Crippen LogP contribution >= 0.6 is 35.0 Å². The number of aryl methyl sites for hydroxylation is 1. The highest BCUT2D eigenvalue weighted by molar-refractivity contribution is 7.98. The first kappa shape index (κ1) is 15.0. The van der Waals surface area contributed by atoms with Crippen LogP contribution in [0.1, 0.15) is 11.3 Å². The standard InChI is InChI=1S/C12H9Cl2N3O2S/c1-7-10(17(18)19)11(16-12(14)15-7)20-6-8-4-2-3-5-9(8)13/h2-5H,6H2,1H3. The van der Waals surface area contributed by atoms with Gasteiger partial charge >= 0.3 is 5.69 Å². The van der Waals surface area contributed by atoms with Gasteiger partial charge in [0.15, 0.2) is 5.03 Å². The maximum absolute atomic E-state index is 11.1. The summed E-state index contributed by atoms with van der Waals surface area (Å²) in [7, 11) is 0. The van der Waals surface area contributed by atoms with Gasteiger partial charge in [0.2, 0.25) is 5.28 Å². The Labute approximate surface area is 129 Å². The van der Waals surface area contributed by atoms with Crippen molar-refractivity contribution in [3.8, 4) is 0 Å². The molecule has 0 saturated carbocycles. The molecule has 0 aliphatic rings. The van der Waals surface area contributed by atoms with Gasteiger partial charge in [0.1, 0.15) is 5.69 Å². The van der Waals surface area contributed by atoms with Gasteiger partial charge in [0.05, 0.1) is 4.92 Å². The first-order valence-electron chi connectivity index (χ1n) is 5.53. The average Bonchev–Trinajstić information content (AvgIpc) is 2.36. The number of halogens is 2. The fraction of sp³-hybridized carbons (Fsp3) is 0.167. The lowest BCUT2D eigenvalue weighted by Crippen LogP contribution is -2.00. The molecular weight excluding hydrogens is 321 g/mol. The molecule has 0 bridgehead atoms. The van der Waals surface area contributed by atoms with Gasteiger partial charge in [-0.05, 0) is 30.2 Å². The Morgan fingerprint density at radius 3 is 2.65 bits per heavy atom. The topological polar surface area (TPSA) is 68.9 Å². The second-order valence-electron chi connectivity index (χ2n) is 3.87. The number of benzene rings is 1. The molecule has 104 valence electrons. The van der Waals surface area contributed by atoms with Crippen LogP contribution in [0.15, 0.2) is 29.3 Å². The molecule has 0 amide bonds. The van der Waals surface area contributed by atoms with Gasteiger partial charge in [-0.3, -0.25) is 10.1 Å². The lowest BCUT2D eigenvalue weighted by Gasteiger charge is -2.06. The summed E-state index contributed by atoms with van der Waals surface area (Å²) < 4.78 is 0. The van der Waals surface area contributed by atoms with Crippen LogP contribution in [0.2, 0.25) is 10.3 Å². The van der Waals surface area contributed by atoms with Gasteiger partial charge in [-0.25, -0.2) is 9.97 Å². The van der Waals surface area contributed by atoms with E-state index in [0.717, 1.165) is 5.56 Å². The molecule has 0 atom stereocenters. The van der Waals surface area contributed by atoms with E-state index < -0.39 is 4.92 Å². The van der Waals surface area contributed by atoms with Crippen molar-refractivity contribution < 1.29 is 4.92 Å². The second kappa shape index (κ2) is 6.39. The molecule has 0 N–H and O–H groups in total. The van der Waals surface area contributed by atoms with Crippen LogP contribution in [0.4, 0.5) is 5.69 Å². The molecule has 8 heteroatoms. The van der Waals surface area contributed by atoms with E-state index in [9.17, 15) is 10.1 Å². The zero-order valence-corrected chi connectivity index (χ0v) is 12.7. The largest absolute Gasteiger partial charge is 0.322 e. The van der Waals surface area contributed by atoms with Gasteiger partial charge in [-0.15, -0.1) is 0 Å². The molecule has 0 unspecified atom stereocenters. The highest BCUT2D eigenvalue weighted by Gasteiger charge is 2.22. The molecule has 2 rings (SSSR count). The summed E-state index contributed by atoms with van der Waals surface area (Å²) in [6.07, 6.45) is 0. The van der Waals surface area contributed by atoms with E-state index in [1.54, 1.807) is 6.07 Å². The monoisotopic (exact) mass is 329 g/mol. The van der Waals surface area contributed by atoms with Crippen molar-refractivity contribution in [2.45, 2.75) is 17.7 Å². The van der Waals surface area contributed by atoms with E-state index in [1.165, 1.54) is 18.7 Å². The van der Waals surface area contributed by atoms with Gasteiger partial charge in [0.25, 0.3) is 0 Å². The summed E-state index contributed by atoms with van der Waals surface area (Å²) in [5.41, 5.74) is 1.00. The lowest BCUT2D eigenvalue weighted by atomic mass is 10.2. The molecule has 20 heavy (non-hydrogen) atoms. The summed E-state index contributed by atoms with van der Waals surface area (Å²) in [6, 6.07) is 7.31. The summed E-state index contributed by atoms with van der Waals surface area (Å²) in [4.78, 5) is 18.3. The first-order valence-corrected chi connectivity index (χ1v) is 7.28. The van der Waals surface area contributed by atoms with Crippen LogP contribution in [0.3, 0.4) is 0 Å². The molecule has 0 fully saturated rings. The van der Waals surface area contributed by atoms with E-state index in [2.05, 4.69) is 9.97 Å². The molecule has 1 aromatic carbocycles. The van der Waals surface area contributed by atoms with E-state index in [-0.39, 0.29) is 21.7 Å². The van der Waals surface area contributed by atoms with E-state index in [0.29, 0.717) is 10.8 Å². The highest BCUT2D eigenvalue weighted by atomic mass is 35.5. The Hall–Kier alpha value is -1.37. The summed E-state index contributed by atoms with van der Waals surface area (Å²) in [5.74, 6) is 0.466. The fourth-order valence-corrected chi connectivity index (χ4v) is 3.18. The smallest absolute Gasteiger partial charge is 0.258 e. The van der Waals surface area contributed by atoms with Crippen LogP contribution in [0.25, 0.3) is 0 Å². The van der Waals surface area contributed by atoms with Crippen molar-refractivity contribution in [1.29, 1.82) is 0 Å². The van der Waals surface area contributed by atoms with E-state index in [4.69, 9.17) is 23.2 Å². The van der Waals surface area contributed by atoms with E-state index >= 15 is 0 Å². The Kier molecular flexibility index (Phi) is 4.80. The third-order valence-electron chi connectivity index (χ3n) is 2.50. The Morgan fingerprint density at radius 2 is 2.00 bits per heavy atom. The Morgan fingerprint density at radius 1 is 1.30 bits per heavy atom. The molecule has 1 aromatic heterocycles. The minimum atomic E-state index is -0.499. The van der Waals surface area contributed by atoms with Gasteiger partial charge in [-0.1, -0.05) is 41.6 Å². The summed E-state index contributed by atoms with van der Waals surface area (Å²) >= 11 is 13.0. The number of hydrogen-bond acceptors (Lipinski definition) is 5. The minimum Gasteiger partial charge on any atom is -0.258 e. The summed E-state index contributed by atoms with van der Waals surface area (Å²) in [5, 5.41) is 11.9. The SMILES string of the molecule is Cc1nc(Cl)nc(SCc2ccccc2Cl)c1[N+](=O)[O-]. The molecule has 0 aliphatic heterocycles. The molecule has 2 aromatic rings. The number of nitro groups is 1. The maximum atomic E-state index is 11.1. The molecule has 0 saturated heterocycles. The molecule has 1 heterocycles. The number of nitrogens with zero attached hydrogens (tertiary/aromatic N) is 3. The van der Waals surface area contributed by atoms with Crippen molar-refractivity contribution in [2.24, 2.45) is 0 Å². The molecule has 0 aliphatic carbocycles. The normalized spacial score (nSPS) is 10.6. The zero-order chi connectivity index (χ0) is 14.7. The van der Waals surface area contributed by atoms with Gasteiger partial charge in [0, 0.05) is 10.8 Å². The van der Waals surface area contributed by atoms with Crippen molar-refractivity contribution >= 4 is 40.7 Å². The maximum Gasteiger partial charge on any atom is 0.322 e. The second-order valence-corrected chi connectivity index (χ2v) is 5.58. The number of aromatic nitrogens is 2. The van der Waals surface area contributed by atoms with Crippen molar-refractivity contribution in [2.75, 3.05) is 0 Å². The quantitative estimate of drug-likeness (QED) is 0.275. The van der Waals surface area contributed by atoms with Crippen LogP contribution in [-0.4, -0.2) is 14.9 Å². The minimum absolute atomic E-state index is 0.00485. The van der Waals surface area contributed by atoms with Crippen molar-refractivity contribution in [1.82, 2.24) is 9.97 Å². The van der Waals surface area contributed by atoms with Crippen LogP contribution in [-0.2, 0) is 5.75 Å². The first-order chi connectivity index (χ1) is 9.49. The van der Waals surface area contributed by atoms with Crippen LogP contribution < -0.4 is 0 Å². The number of thioether (sulfide) groups is 1. The van der Waals surface area contributed by atoms with Crippen LogP contribution in [0.5, 0.6) is 0 Å². The van der Waals surface area contributed by atoms with Crippen LogP contribution in [0, 0.1) is 17.0 Å². The Balaban J connectivity index is 2.30. The number of rotatable bonds is 4.